The second kappa shape index (κ2) is 9.85. The third kappa shape index (κ3) is 6.23. The Labute approximate surface area is 198 Å². The molecule has 11 heteroatoms. The number of hydrogen-bond donors (Lipinski definition) is 2. The molecular weight excluding hydrogens is 486 g/mol. The van der Waals surface area contributed by atoms with E-state index in [2.05, 4.69) is 5.32 Å². The van der Waals surface area contributed by atoms with Crippen molar-refractivity contribution in [2.75, 3.05) is 11.1 Å². The van der Waals surface area contributed by atoms with Crippen molar-refractivity contribution in [2.45, 2.75) is 23.0 Å². The summed E-state index contributed by atoms with van der Waals surface area (Å²) in [4.78, 5) is 12.9. The normalized spacial score (nSPS) is 13.5. The Bertz CT molecular complexity index is 1370. The van der Waals surface area contributed by atoms with Gasteiger partial charge in [-0.25, -0.2) is 12.8 Å². The smallest absolute Gasteiger partial charge is 0.324 e. The molecular formula is C24H19F4N3O3S. The minimum Gasteiger partial charge on any atom is -0.324 e. The van der Waals surface area contributed by atoms with Gasteiger partial charge in [0.05, 0.1) is 27.8 Å². The Morgan fingerprint density at radius 3 is 2.20 bits per heavy atom. The van der Waals surface area contributed by atoms with Gasteiger partial charge in [-0.2, -0.15) is 18.4 Å². The molecule has 3 aromatic rings. The van der Waals surface area contributed by atoms with Gasteiger partial charge in [-0.1, -0.05) is 30.3 Å². The molecule has 0 spiro atoms. The zero-order chi connectivity index (χ0) is 25.9. The van der Waals surface area contributed by atoms with Crippen LogP contribution in [0, 0.1) is 17.1 Å². The summed E-state index contributed by atoms with van der Waals surface area (Å²) in [6, 6.07) is 16.2. The SMILES string of the molecule is N#Cc1ccc(NC(=O)[C@](N)(Cc2ccccc2)CS(=O)(=O)c2ccc(F)cc2)cc1C(F)(F)F. The van der Waals surface area contributed by atoms with Crippen molar-refractivity contribution in [1.82, 2.24) is 0 Å². The van der Waals surface area contributed by atoms with Gasteiger partial charge in [0.1, 0.15) is 11.4 Å². The van der Waals surface area contributed by atoms with Crippen LogP contribution < -0.4 is 11.1 Å². The molecule has 0 heterocycles. The molecule has 182 valence electrons. The summed E-state index contributed by atoms with van der Waals surface area (Å²) < 4.78 is 79.2. The lowest BCUT2D eigenvalue weighted by atomic mass is 9.92. The van der Waals surface area contributed by atoms with E-state index in [9.17, 15) is 30.8 Å². The van der Waals surface area contributed by atoms with E-state index in [4.69, 9.17) is 11.0 Å². The van der Waals surface area contributed by atoms with Crippen molar-refractivity contribution >= 4 is 21.4 Å². The average Bonchev–Trinajstić information content (AvgIpc) is 2.79. The Morgan fingerprint density at radius 1 is 1.00 bits per heavy atom. The summed E-state index contributed by atoms with van der Waals surface area (Å²) in [5, 5.41) is 11.2. The lowest BCUT2D eigenvalue weighted by Crippen LogP contribution is -2.57. The number of sulfone groups is 1. The number of nitrogens with one attached hydrogen (secondary N) is 1. The lowest BCUT2D eigenvalue weighted by molar-refractivity contribution is -0.137. The van der Waals surface area contributed by atoms with E-state index in [0.717, 1.165) is 36.4 Å². The number of nitrogens with zero attached hydrogens (tertiary/aromatic N) is 1. The monoisotopic (exact) mass is 505 g/mol. The molecule has 3 N–H and O–H groups in total. The van der Waals surface area contributed by atoms with E-state index < -0.39 is 50.2 Å². The van der Waals surface area contributed by atoms with Gasteiger partial charge in [0.15, 0.2) is 9.84 Å². The van der Waals surface area contributed by atoms with Gasteiger partial charge < -0.3 is 11.1 Å². The number of benzene rings is 3. The van der Waals surface area contributed by atoms with Crippen molar-refractivity contribution in [3.8, 4) is 6.07 Å². The van der Waals surface area contributed by atoms with Crippen LogP contribution in [0.4, 0.5) is 23.2 Å². The predicted octanol–water partition coefficient (Wildman–Crippen LogP) is 4.07. The van der Waals surface area contributed by atoms with Crippen LogP contribution in [0.3, 0.4) is 0 Å². The van der Waals surface area contributed by atoms with E-state index in [1.165, 1.54) is 6.07 Å². The number of carbonyl (C=O) groups is 1. The van der Waals surface area contributed by atoms with Crippen molar-refractivity contribution < 1.29 is 30.8 Å². The molecule has 6 nitrogen and oxygen atoms in total. The van der Waals surface area contributed by atoms with Crippen LogP contribution in [-0.2, 0) is 27.2 Å². The Balaban J connectivity index is 1.98. The molecule has 1 atom stereocenters. The van der Waals surface area contributed by atoms with E-state index in [-0.39, 0.29) is 17.0 Å². The summed E-state index contributed by atoms with van der Waals surface area (Å²) in [6.45, 7) is 0. The topological polar surface area (TPSA) is 113 Å². The number of alkyl halides is 3. The Hall–Kier alpha value is -3.75. The minimum atomic E-state index is -4.86. The molecule has 0 unspecified atom stereocenters. The average molecular weight is 505 g/mol. The fourth-order valence-electron chi connectivity index (χ4n) is 3.43. The third-order valence-corrected chi connectivity index (χ3v) is 7.02. The quantitative estimate of drug-likeness (QED) is 0.371. The highest BCUT2D eigenvalue weighted by Crippen LogP contribution is 2.34. The Kier molecular flexibility index (Phi) is 7.28. The molecule has 0 aromatic heterocycles. The van der Waals surface area contributed by atoms with E-state index in [0.29, 0.717) is 11.6 Å². The number of amides is 1. The molecule has 0 saturated heterocycles. The van der Waals surface area contributed by atoms with E-state index >= 15 is 0 Å². The molecule has 0 aliphatic heterocycles. The van der Waals surface area contributed by atoms with Crippen LogP contribution in [0.15, 0.2) is 77.7 Å². The van der Waals surface area contributed by atoms with Crippen molar-refractivity contribution in [3.63, 3.8) is 0 Å². The van der Waals surface area contributed by atoms with E-state index in [1.54, 1.807) is 30.3 Å². The number of nitrogens with two attached hydrogens (primary N) is 1. The summed E-state index contributed by atoms with van der Waals surface area (Å²) in [5.41, 5.74) is 2.50. The van der Waals surface area contributed by atoms with Crippen LogP contribution in [-0.4, -0.2) is 25.6 Å². The number of rotatable bonds is 7. The number of hydrogen-bond acceptors (Lipinski definition) is 5. The highest BCUT2D eigenvalue weighted by atomic mass is 32.2. The highest BCUT2D eigenvalue weighted by Gasteiger charge is 2.40. The van der Waals surface area contributed by atoms with Crippen LogP contribution in [0.1, 0.15) is 16.7 Å². The minimum absolute atomic E-state index is 0.261. The molecule has 0 aliphatic rings. The molecule has 3 aromatic carbocycles. The van der Waals surface area contributed by atoms with Gasteiger partial charge in [0.2, 0.25) is 5.91 Å². The number of halogens is 4. The lowest BCUT2D eigenvalue weighted by Gasteiger charge is -2.28. The first kappa shape index (κ1) is 25.9. The predicted molar refractivity (Wildman–Crippen MR) is 120 cm³/mol. The maximum absolute atomic E-state index is 13.3. The third-order valence-electron chi connectivity index (χ3n) is 5.14. The first-order valence-corrected chi connectivity index (χ1v) is 11.7. The first-order chi connectivity index (χ1) is 16.3. The van der Waals surface area contributed by atoms with Crippen LogP contribution in [0.2, 0.25) is 0 Å². The van der Waals surface area contributed by atoms with Gasteiger partial charge in [-0.05, 0) is 48.0 Å². The molecule has 3 rings (SSSR count). The molecule has 0 fully saturated rings. The van der Waals surface area contributed by atoms with Crippen LogP contribution in [0.5, 0.6) is 0 Å². The summed E-state index contributed by atoms with van der Waals surface area (Å²) in [7, 11) is -4.21. The fourth-order valence-corrected chi connectivity index (χ4v) is 5.06. The molecule has 0 radical (unpaired) electrons. The van der Waals surface area contributed by atoms with Gasteiger partial charge in [0, 0.05) is 12.1 Å². The number of anilines is 1. The van der Waals surface area contributed by atoms with Gasteiger partial charge in [-0.15, -0.1) is 0 Å². The molecule has 35 heavy (non-hydrogen) atoms. The molecule has 0 saturated carbocycles. The molecule has 1 amide bonds. The Morgan fingerprint density at radius 2 is 1.63 bits per heavy atom. The maximum atomic E-state index is 13.3. The maximum Gasteiger partial charge on any atom is 0.417 e. The second-order valence-corrected chi connectivity index (χ2v) is 9.85. The standard InChI is InChI=1S/C24H19F4N3O3S/c25-18-7-10-20(11-8-18)35(33,34)15-23(30,13-16-4-2-1-3-5-16)22(32)31-19-9-6-17(14-29)21(12-19)24(26,27)28/h1-12H,13,15,30H2,(H,31,32)/t23-/m0/s1. The van der Waals surface area contributed by atoms with Crippen molar-refractivity contribution in [2.24, 2.45) is 5.73 Å². The van der Waals surface area contributed by atoms with Crippen LogP contribution in [0.25, 0.3) is 0 Å². The zero-order valence-corrected chi connectivity index (χ0v) is 18.8. The fraction of sp³-hybridized carbons (Fsp3) is 0.167. The first-order valence-electron chi connectivity index (χ1n) is 10.1. The van der Waals surface area contributed by atoms with Gasteiger partial charge in [-0.3, -0.25) is 4.79 Å². The largest absolute Gasteiger partial charge is 0.417 e. The molecule has 0 bridgehead atoms. The van der Waals surface area contributed by atoms with E-state index in [1.807, 2.05) is 0 Å². The highest BCUT2D eigenvalue weighted by molar-refractivity contribution is 7.91. The number of carbonyl (C=O) groups excluding carboxylic acids is 1. The summed E-state index contributed by atoms with van der Waals surface area (Å²) >= 11 is 0. The zero-order valence-electron chi connectivity index (χ0n) is 18.0. The number of nitriles is 1. The summed E-state index contributed by atoms with van der Waals surface area (Å²) in [5.74, 6) is -2.62. The van der Waals surface area contributed by atoms with Crippen molar-refractivity contribution in [3.05, 3.63) is 95.3 Å². The molecule has 0 aliphatic carbocycles. The van der Waals surface area contributed by atoms with Gasteiger partial charge in [0.25, 0.3) is 0 Å². The van der Waals surface area contributed by atoms with Gasteiger partial charge >= 0.3 is 6.18 Å². The summed E-state index contributed by atoms with van der Waals surface area (Å²) in [6.07, 6.45) is -5.12. The van der Waals surface area contributed by atoms with Crippen LogP contribution >= 0.6 is 0 Å². The van der Waals surface area contributed by atoms with Crippen molar-refractivity contribution in [1.29, 1.82) is 5.26 Å². The second-order valence-electron chi connectivity index (χ2n) is 7.86.